The van der Waals surface area contributed by atoms with Gasteiger partial charge in [0.15, 0.2) is 5.82 Å². The van der Waals surface area contributed by atoms with Crippen LogP contribution in [0.1, 0.15) is 22.8 Å². The number of pyridine rings is 3. The fourth-order valence-electron chi connectivity index (χ4n) is 9.40. The van der Waals surface area contributed by atoms with E-state index in [0.717, 1.165) is 93.9 Å². The van der Waals surface area contributed by atoms with Gasteiger partial charge in [-0.25, -0.2) is 32.6 Å². The molecular formula is C68H43IrN8OPtS. The van der Waals surface area contributed by atoms with Gasteiger partial charge in [0.1, 0.15) is 11.6 Å². The van der Waals surface area contributed by atoms with Crippen molar-refractivity contribution in [3.05, 3.63) is 266 Å². The van der Waals surface area contributed by atoms with E-state index >= 15 is 0 Å². The number of rotatable bonds is 12. The van der Waals surface area contributed by atoms with Gasteiger partial charge in [-0.05, 0) is 69.6 Å². The van der Waals surface area contributed by atoms with Gasteiger partial charge >= 0.3 is 41.2 Å². The van der Waals surface area contributed by atoms with Crippen molar-refractivity contribution in [1.29, 1.82) is 0 Å². The predicted molar refractivity (Wildman–Crippen MR) is 305 cm³/mol. The molecule has 0 saturated carbocycles. The Balaban J connectivity index is 0.00000337. The number of hydrogen-bond donors (Lipinski definition) is 0. The zero-order valence-corrected chi connectivity index (χ0v) is 48.1. The first kappa shape index (κ1) is 53.6. The summed E-state index contributed by atoms with van der Waals surface area (Å²) in [5.41, 5.74) is 14.5. The molecule has 0 unspecified atom stereocenters. The Bertz CT molecular complexity index is 3980. The number of ether oxygens (including phenoxy) is 1. The third-order valence-electron chi connectivity index (χ3n) is 13.4. The van der Waals surface area contributed by atoms with Crippen LogP contribution in [-0.2, 0) is 66.9 Å². The van der Waals surface area contributed by atoms with Gasteiger partial charge in [0.25, 0.3) is 0 Å². The molecule has 0 radical (unpaired) electrons. The summed E-state index contributed by atoms with van der Waals surface area (Å²) in [5.74, 6) is 3.28. The normalized spacial score (nSPS) is 11.3. The van der Waals surface area contributed by atoms with E-state index in [0.29, 0.717) is 66.0 Å². The SMILES string of the molecule is [Ir+3].[Pt+2].[c-]1cc(-c2ccccc2-c2nc(CCc3c[c-]c(-c4ccccn4)cc3)nc(CCc3c[c-]c(-c4ccccn4)cc3)n2)c2[c-]c1-c1nccc(n1)Sc1cccc(n1)-c1[c-]c(cc(-c3ccc(-c4ccccc4)cc3)c1)O2. The molecule has 0 N–H and O–H groups in total. The van der Waals surface area contributed by atoms with Crippen molar-refractivity contribution >= 4 is 11.8 Å². The molecule has 0 fully saturated rings. The Hall–Kier alpha value is -8.43. The van der Waals surface area contributed by atoms with Crippen molar-refractivity contribution in [2.24, 2.45) is 0 Å². The van der Waals surface area contributed by atoms with Crippen LogP contribution in [0.4, 0.5) is 0 Å². The maximum atomic E-state index is 7.09. The standard InChI is InChI=1S/C68H43N8OS.Ir.Pt/c1-2-11-47(12-3-1)48-29-31-49(32-30-48)53-41-54-43-55(42-53)77-62-44-52(67-71-40-37-66(76-67)78-65-18-10-17-61(54)72-65)33-34-57(62)56-13-4-5-14-58(56)68-74-63(35-23-45-19-25-50(26-20-45)59-15-6-8-38-69-59)73-64(75-68)36-24-46-21-27-51(28-22-46)60-16-7-9-39-70-60;;/h1-22,25,27,29-32,34,37-42H,23-24,35-36H2;;/q-5;+3;+2. The second kappa shape index (κ2) is 24.7. The zero-order valence-electron chi connectivity index (χ0n) is 42.6. The summed E-state index contributed by atoms with van der Waals surface area (Å²) >= 11 is 1.47. The van der Waals surface area contributed by atoms with Gasteiger partial charge in [-0.2, -0.15) is 0 Å². The molecule has 80 heavy (non-hydrogen) atoms. The van der Waals surface area contributed by atoms with Crippen molar-refractivity contribution in [1.82, 2.24) is 39.9 Å². The maximum Gasteiger partial charge on any atom is 3.00 e. The Morgan fingerprint density at radius 2 is 1.01 bits per heavy atom. The molecule has 12 heteroatoms. The van der Waals surface area contributed by atoms with Crippen LogP contribution >= 0.6 is 11.8 Å². The summed E-state index contributed by atoms with van der Waals surface area (Å²) in [6, 6.07) is 82.7. The molecule has 7 aromatic carbocycles. The number of aromatic nitrogens is 8. The summed E-state index contributed by atoms with van der Waals surface area (Å²) in [4.78, 5) is 39.3. The molecular weight excluding hydrogens is 1360 g/mol. The van der Waals surface area contributed by atoms with E-state index in [-0.39, 0.29) is 41.2 Å². The first-order valence-electron chi connectivity index (χ1n) is 25.6. The molecule has 0 aliphatic carbocycles. The Labute approximate surface area is 496 Å². The Kier molecular flexibility index (Phi) is 16.5. The zero-order chi connectivity index (χ0) is 52.0. The van der Waals surface area contributed by atoms with Gasteiger partial charge in [0.05, 0.1) is 10.1 Å². The quantitative estimate of drug-likeness (QED) is 0.0866. The van der Waals surface area contributed by atoms with Crippen molar-refractivity contribution in [3.8, 4) is 101 Å². The molecule has 5 aromatic heterocycles. The van der Waals surface area contributed by atoms with Crippen LogP contribution in [0, 0.1) is 30.3 Å². The van der Waals surface area contributed by atoms with E-state index in [1.54, 1.807) is 18.6 Å². The topological polar surface area (TPSA) is 112 Å². The summed E-state index contributed by atoms with van der Waals surface area (Å²) in [7, 11) is 0. The smallest absolute Gasteiger partial charge is 0.515 e. The van der Waals surface area contributed by atoms with Crippen LogP contribution in [0.2, 0.25) is 0 Å². The van der Waals surface area contributed by atoms with Gasteiger partial charge in [-0.3, -0.25) is 11.1 Å². The minimum atomic E-state index is 0. The molecule has 12 aromatic rings. The fourth-order valence-corrected chi connectivity index (χ4v) is 10.2. The molecule has 1 aliphatic heterocycles. The molecule has 13 rings (SSSR count). The van der Waals surface area contributed by atoms with Crippen LogP contribution in [0.3, 0.4) is 0 Å². The first-order chi connectivity index (χ1) is 38.6. The van der Waals surface area contributed by atoms with E-state index in [2.05, 4.69) is 130 Å². The van der Waals surface area contributed by atoms with Crippen LogP contribution in [-0.4, -0.2) is 39.9 Å². The number of aryl methyl sites for hydroxylation is 4. The summed E-state index contributed by atoms with van der Waals surface area (Å²) in [6.45, 7) is 0. The van der Waals surface area contributed by atoms with Gasteiger partial charge < -0.3 is 24.7 Å². The molecule has 0 amide bonds. The van der Waals surface area contributed by atoms with Crippen molar-refractivity contribution in [3.63, 3.8) is 0 Å². The summed E-state index contributed by atoms with van der Waals surface area (Å²) in [5, 5.41) is 1.52. The number of benzene rings is 7. The number of fused-ring (bicyclic) bond motifs is 10. The minimum absolute atomic E-state index is 0. The molecule has 8 bridgehead atoms. The molecule has 0 spiro atoms. The van der Waals surface area contributed by atoms with Gasteiger partial charge in [-0.15, -0.1) is 88.0 Å². The largest absolute Gasteiger partial charge is 3.00 e. The van der Waals surface area contributed by atoms with Crippen molar-refractivity contribution < 1.29 is 45.9 Å². The summed E-state index contributed by atoms with van der Waals surface area (Å²) < 4.78 is 7.09. The van der Waals surface area contributed by atoms with Crippen molar-refractivity contribution in [2.45, 2.75) is 35.7 Å². The minimum Gasteiger partial charge on any atom is -0.515 e. The van der Waals surface area contributed by atoms with E-state index in [4.69, 9.17) is 29.7 Å². The van der Waals surface area contributed by atoms with Gasteiger partial charge in [0.2, 0.25) is 0 Å². The van der Waals surface area contributed by atoms with E-state index in [1.807, 2.05) is 109 Å². The van der Waals surface area contributed by atoms with E-state index in [9.17, 15) is 0 Å². The molecule has 386 valence electrons. The van der Waals surface area contributed by atoms with E-state index in [1.165, 1.54) is 11.8 Å². The van der Waals surface area contributed by atoms with E-state index < -0.39 is 0 Å². The number of hydrogen-bond acceptors (Lipinski definition) is 10. The molecule has 0 saturated heterocycles. The number of nitrogens with zero attached hydrogens (tertiary/aromatic N) is 8. The average molecular weight is 1410 g/mol. The molecule has 9 nitrogen and oxygen atoms in total. The van der Waals surface area contributed by atoms with Crippen LogP contribution < -0.4 is 4.74 Å². The predicted octanol–water partition coefficient (Wildman–Crippen LogP) is 15.0. The average Bonchev–Trinajstić information content (AvgIpc) is 3.66. The first-order valence-corrected chi connectivity index (χ1v) is 26.4. The Morgan fingerprint density at radius 1 is 0.400 bits per heavy atom. The Morgan fingerprint density at radius 3 is 1.66 bits per heavy atom. The van der Waals surface area contributed by atoms with Crippen LogP contribution in [0.25, 0.3) is 89.9 Å². The molecule has 1 aliphatic rings. The van der Waals surface area contributed by atoms with Crippen LogP contribution in [0.5, 0.6) is 11.5 Å². The second-order valence-electron chi connectivity index (χ2n) is 18.6. The summed E-state index contributed by atoms with van der Waals surface area (Å²) in [6.07, 6.45) is 7.91. The molecule has 0 atom stereocenters. The third-order valence-corrected chi connectivity index (χ3v) is 14.3. The second-order valence-corrected chi connectivity index (χ2v) is 19.6. The van der Waals surface area contributed by atoms with Gasteiger partial charge in [0, 0.05) is 42.7 Å². The molecule has 6 heterocycles. The van der Waals surface area contributed by atoms with Crippen molar-refractivity contribution in [2.75, 3.05) is 0 Å². The third kappa shape index (κ3) is 12.2. The monoisotopic (exact) mass is 1410 g/mol. The fraction of sp³-hybridized carbons (Fsp3) is 0.0588. The van der Waals surface area contributed by atoms with Gasteiger partial charge in [-0.1, -0.05) is 163 Å². The van der Waals surface area contributed by atoms with Crippen LogP contribution in [0.15, 0.2) is 223 Å². The maximum absolute atomic E-state index is 7.09.